The molecule has 0 heterocycles. The molecule has 1 amide bonds. The van der Waals surface area contributed by atoms with Crippen LogP contribution in [-0.4, -0.2) is 37.5 Å². The molecule has 1 aliphatic carbocycles. The lowest BCUT2D eigenvalue weighted by atomic mass is 9.80. The van der Waals surface area contributed by atoms with E-state index in [4.69, 9.17) is 11.8 Å². The quantitative estimate of drug-likeness (QED) is 0.599. The Morgan fingerprint density at radius 2 is 1.96 bits per heavy atom. The van der Waals surface area contributed by atoms with E-state index in [9.17, 15) is 18.3 Å². The molecule has 1 aliphatic rings. The third-order valence-electron chi connectivity index (χ3n) is 4.42. The summed E-state index contributed by atoms with van der Waals surface area (Å²) in [6, 6.07) is 5.77. The van der Waals surface area contributed by atoms with Gasteiger partial charge in [-0.2, -0.15) is 0 Å². The summed E-state index contributed by atoms with van der Waals surface area (Å²) in [5, 5.41) is 12.4. The van der Waals surface area contributed by atoms with Crippen LogP contribution in [0.3, 0.4) is 0 Å². The number of amides is 1. The molecule has 0 spiro atoms. The Bertz CT molecular complexity index is 659. The van der Waals surface area contributed by atoms with Gasteiger partial charge in [0.1, 0.15) is 12.0 Å². The fraction of sp³-hybridized carbons (Fsp3) is 0.562. The van der Waals surface area contributed by atoms with E-state index in [1.807, 2.05) is 6.92 Å². The Balaban J connectivity index is 1.91. The third-order valence-corrected chi connectivity index (χ3v) is 6.21. The van der Waals surface area contributed by atoms with Gasteiger partial charge in [-0.25, -0.2) is 13.3 Å². The molecule has 2 rings (SSSR count). The highest BCUT2D eigenvalue weighted by atomic mass is 35.5. The number of benzene rings is 1. The Morgan fingerprint density at radius 1 is 1.33 bits per heavy atom. The summed E-state index contributed by atoms with van der Waals surface area (Å²) < 4.78 is 24.4. The van der Waals surface area contributed by atoms with Gasteiger partial charge in [0.25, 0.3) is 5.91 Å². The van der Waals surface area contributed by atoms with Crippen molar-refractivity contribution in [3.05, 3.63) is 29.8 Å². The third kappa shape index (κ3) is 4.92. The highest BCUT2D eigenvalue weighted by Gasteiger charge is 2.31. The Labute approximate surface area is 147 Å². The molecule has 24 heavy (non-hydrogen) atoms. The Kier molecular flexibility index (Phi) is 6.62. The normalized spacial score (nSPS) is 17.8. The molecule has 1 aromatic rings. The summed E-state index contributed by atoms with van der Waals surface area (Å²) >= 11 is 5.62. The number of carbonyl (C=O) groups excluding carboxylic acids is 1. The van der Waals surface area contributed by atoms with Crippen molar-refractivity contribution in [2.45, 2.75) is 49.6 Å². The average molecular weight is 375 g/mol. The summed E-state index contributed by atoms with van der Waals surface area (Å²) in [7, 11) is -3.65. The van der Waals surface area contributed by atoms with Gasteiger partial charge in [0, 0.05) is 0 Å². The zero-order valence-corrected chi connectivity index (χ0v) is 15.1. The molecule has 8 heteroatoms. The summed E-state index contributed by atoms with van der Waals surface area (Å²) in [4.78, 5) is 14.6. The van der Waals surface area contributed by atoms with Gasteiger partial charge in [0.15, 0.2) is 9.84 Å². The zero-order valence-electron chi connectivity index (χ0n) is 13.5. The maximum absolute atomic E-state index is 12.2. The smallest absolute Gasteiger partial charge is 0.251 e. The van der Waals surface area contributed by atoms with Crippen molar-refractivity contribution in [3.8, 4) is 0 Å². The van der Waals surface area contributed by atoms with Gasteiger partial charge in [-0.05, 0) is 43.2 Å². The fourth-order valence-electron chi connectivity index (χ4n) is 2.60. The van der Waals surface area contributed by atoms with Gasteiger partial charge < -0.3 is 10.4 Å². The highest BCUT2D eigenvalue weighted by molar-refractivity contribution is 7.91. The first-order valence-corrected chi connectivity index (χ1v) is 9.98. The lowest BCUT2D eigenvalue weighted by molar-refractivity contribution is -0.130. The monoisotopic (exact) mass is 374 g/mol. The Morgan fingerprint density at radius 3 is 2.46 bits per heavy atom. The van der Waals surface area contributed by atoms with Crippen molar-refractivity contribution < 1.29 is 18.3 Å². The second-order valence-corrected chi connectivity index (χ2v) is 8.51. The van der Waals surface area contributed by atoms with E-state index in [0.29, 0.717) is 12.3 Å². The number of rotatable bonds is 8. The predicted octanol–water partition coefficient (Wildman–Crippen LogP) is 1.51. The second-order valence-electron chi connectivity index (χ2n) is 6.31. The average Bonchev–Trinajstić information content (AvgIpc) is 2.52. The molecule has 0 radical (unpaired) electrons. The lowest BCUT2D eigenvalue weighted by Gasteiger charge is -2.30. The van der Waals surface area contributed by atoms with Crippen molar-refractivity contribution >= 4 is 27.5 Å². The van der Waals surface area contributed by atoms with Gasteiger partial charge in [-0.3, -0.25) is 4.79 Å². The van der Waals surface area contributed by atoms with Gasteiger partial charge in [-0.1, -0.05) is 37.0 Å². The molecular weight excluding hydrogens is 352 g/mol. The van der Waals surface area contributed by atoms with Crippen LogP contribution in [-0.2, 0) is 14.6 Å². The Hall–Kier alpha value is -1.15. The summed E-state index contributed by atoms with van der Waals surface area (Å²) in [5.74, 6) is -0.868. The van der Waals surface area contributed by atoms with E-state index in [0.717, 1.165) is 24.8 Å². The van der Waals surface area contributed by atoms with Gasteiger partial charge in [0.2, 0.25) is 0 Å². The van der Waals surface area contributed by atoms with Crippen LogP contribution in [0.15, 0.2) is 29.2 Å². The van der Waals surface area contributed by atoms with Crippen LogP contribution in [0.25, 0.3) is 0 Å². The summed E-state index contributed by atoms with van der Waals surface area (Å²) in [6.07, 6.45) is 2.46. The minimum atomic E-state index is -3.65. The minimum absolute atomic E-state index is 0.129. The predicted molar refractivity (Wildman–Crippen MR) is 92.1 cm³/mol. The van der Waals surface area contributed by atoms with Crippen molar-refractivity contribution in [2.75, 3.05) is 5.88 Å². The van der Waals surface area contributed by atoms with E-state index in [1.165, 1.54) is 12.1 Å². The molecule has 0 aliphatic heterocycles. The SMILES string of the molecule is Cc1ccc(S(=O)(=O)CNC(=O)C(O)C(CC2CCC2)NCl)cc1. The van der Waals surface area contributed by atoms with E-state index in [1.54, 1.807) is 12.1 Å². The van der Waals surface area contributed by atoms with Crippen LogP contribution < -0.4 is 10.2 Å². The molecule has 3 N–H and O–H groups in total. The molecule has 1 fully saturated rings. The first-order valence-electron chi connectivity index (χ1n) is 7.95. The van der Waals surface area contributed by atoms with Gasteiger partial charge in [-0.15, -0.1) is 0 Å². The lowest BCUT2D eigenvalue weighted by Crippen LogP contribution is -2.48. The molecule has 2 unspecified atom stereocenters. The molecule has 134 valence electrons. The standard InChI is InChI=1S/C16H23ClN2O4S/c1-11-5-7-13(8-6-11)24(22,23)10-18-16(21)15(20)14(19-17)9-12-3-2-4-12/h5-8,12,14-15,19-20H,2-4,9-10H2,1H3,(H,18,21). The van der Waals surface area contributed by atoms with Crippen LogP contribution in [0.1, 0.15) is 31.2 Å². The molecule has 1 aromatic carbocycles. The van der Waals surface area contributed by atoms with Crippen molar-refractivity contribution in [1.82, 2.24) is 10.2 Å². The van der Waals surface area contributed by atoms with E-state index in [2.05, 4.69) is 10.2 Å². The van der Waals surface area contributed by atoms with Crippen LogP contribution >= 0.6 is 11.8 Å². The molecule has 6 nitrogen and oxygen atoms in total. The highest BCUT2D eigenvalue weighted by Crippen LogP contribution is 2.31. The minimum Gasteiger partial charge on any atom is -0.382 e. The summed E-state index contributed by atoms with van der Waals surface area (Å²) in [6.45, 7) is 1.86. The van der Waals surface area contributed by atoms with Crippen molar-refractivity contribution in [2.24, 2.45) is 5.92 Å². The second kappa shape index (κ2) is 8.29. The van der Waals surface area contributed by atoms with Crippen molar-refractivity contribution in [1.29, 1.82) is 0 Å². The molecule has 0 saturated heterocycles. The molecule has 0 bridgehead atoms. The molecule has 1 saturated carbocycles. The number of aliphatic hydroxyl groups is 1. The topological polar surface area (TPSA) is 95.5 Å². The number of carbonyl (C=O) groups is 1. The van der Waals surface area contributed by atoms with E-state index >= 15 is 0 Å². The number of hydrogen-bond acceptors (Lipinski definition) is 5. The number of hydrogen-bond donors (Lipinski definition) is 3. The van der Waals surface area contributed by atoms with E-state index in [-0.39, 0.29) is 4.90 Å². The van der Waals surface area contributed by atoms with Crippen LogP contribution in [0.5, 0.6) is 0 Å². The number of halogens is 1. The molecular formula is C16H23ClN2O4S. The number of nitrogens with one attached hydrogen (secondary N) is 2. The summed E-state index contributed by atoms with van der Waals surface area (Å²) in [5.41, 5.74) is 0.945. The van der Waals surface area contributed by atoms with Crippen LogP contribution in [0.2, 0.25) is 0 Å². The maximum Gasteiger partial charge on any atom is 0.251 e. The molecule has 0 aromatic heterocycles. The first-order chi connectivity index (χ1) is 11.3. The van der Waals surface area contributed by atoms with E-state index < -0.39 is 33.8 Å². The largest absolute Gasteiger partial charge is 0.382 e. The van der Waals surface area contributed by atoms with Crippen LogP contribution in [0, 0.1) is 12.8 Å². The molecule has 2 atom stereocenters. The maximum atomic E-state index is 12.2. The van der Waals surface area contributed by atoms with Crippen LogP contribution in [0.4, 0.5) is 0 Å². The van der Waals surface area contributed by atoms with Gasteiger partial charge in [0.05, 0.1) is 10.9 Å². The number of aliphatic hydroxyl groups excluding tert-OH is 1. The number of aryl methyl sites for hydroxylation is 1. The first kappa shape index (κ1) is 19.2. The van der Waals surface area contributed by atoms with Gasteiger partial charge >= 0.3 is 0 Å². The zero-order chi connectivity index (χ0) is 17.7. The fourth-order valence-corrected chi connectivity index (χ4v) is 3.86. The number of sulfone groups is 1. The van der Waals surface area contributed by atoms with Crippen molar-refractivity contribution in [3.63, 3.8) is 0 Å².